The van der Waals surface area contributed by atoms with Crippen molar-refractivity contribution in [1.82, 2.24) is 5.32 Å². The third-order valence-electron chi connectivity index (χ3n) is 6.34. The Bertz CT molecular complexity index is 1540. The van der Waals surface area contributed by atoms with E-state index in [1.165, 1.54) is 12.1 Å². The molecule has 2 heterocycles. The summed E-state index contributed by atoms with van der Waals surface area (Å²) < 4.78 is 71.0. The fourth-order valence-electron chi connectivity index (χ4n) is 4.85. The minimum absolute atomic E-state index is 0.00229. The first-order chi connectivity index (χ1) is 17.4. The first-order valence-corrected chi connectivity index (χ1v) is 11.2. The summed E-state index contributed by atoms with van der Waals surface area (Å²) in [5.41, 5.74) is 2.27. The molecule has 0 saturated heterocycles. The summed E-state index contributed by atoms with van der Waals surface area (Å²) in [5, 5.41) is 5.16. The molecule has 4 N–H and O–H groups in total. The molecule has 0 radical (unpaired) electrons. The van der Waals surface area contributed by atoms with Gasteiger partial charge >= 0.3 is 6.18 Å². The third-order valence-corrected chi connectivity index (χ3v) is 6.68. The number of hydrogen-bond acceptors (Lipinski definition) is 3. The highest BCUT2D eigenvalue weighted by atomic mass is 35.5. The van der Waals surface area contributed by atoms with Crippen LogP contribution in [0, 0.1) is 11.6 Å². The maximum atomic E-state index is 14.2. The molecule has 2 aliphatic rings. The molecule has 0 spiro atoms. The van der Waals surface area contributed by atoms with Gasteiger partial charge in [-0.3, -0.25) is 14.4 Å². The van der Waals surface area contributed by atoms with Gasteiger partial charge in [0.05, 0.1) is 28.4 Å². The molecule has 5 rings (SSSR count). The zero-order valence-electron chi connectivity index (χ0n) is 18.5. The van der Waals surface area contributed by atoms with Gasteiger partial charge < -0.3 is 16.4 Å². The minimum atomic E-state index is -5.12. The van der Waals surface area contributed by atoms with Gasteiger partial charge in [0, 0.05) is 28.1 Å². The first kappa shape index (κ1) is 24.7. The van der Waals surface area contributed by atoms with Crippen LogP contribution >= 0.6 is 11.6 Å². The van der Waals surface area contributed by atoms with Crippen molar-refractivity contribution >= 4 is 35.0 Å². The second-order valence-corrected chi connectivity index (χ2v) is 9.01. The molecular weight excluding hydrogens is 521 g/mol. The van der Waals surface area contributed by atoms with Crippen LogP contribution in [-0.4, -0.2) is 17.7 Å². The molecule has 3 amide bonds. The molecule has 3 aromatic carbocycles. The fourth-order valence-corrected chi connectivity index (χ4v) is 5.07. The van der Waals surface area contributed by atoms with Crippen LogP contribution in [0.15, 0.2) is 36.4 Å². The number of benzene rings is 3. The Morgan fingerprint density at radius 2 is 1.73 bits per heavy atom. The van der Waals surface area contributed by atoms with Crippen LogP contribution < -0.4 is 16.4 Å². The number of primary amides is 1. The largest absolute Gasteiger partial charge is 0.417 e. The van der Waals surface area contributed by atoms with E-state index in [0.717, 1.165) is 12.1 Å². The van der Waals surface area contributed by atoms with Gasteiger partial charge in [0.25, 0.3) is 5.91 Å². The standard InChI is InChI=1S/C25H15ClF5N3O3/c26-16-3-2-10(27)6-12(16)22-19-13(5-9-1-4-17(35)33-21(9)20(19)24(37)34-22)18-14(23(32)36)7-11(28)8-15(18)25(29,30)31/h2-3,5-8,22H,1,4H2,(H2,32,36)(H,33,35)(H,34,37). The van der Waals surface area contributed by atoms with Crippen LogP contribution in [-0.2, 0) is 17.4 Å². The van der Waals surface area contributed by atoms with Crippen molar-refractivity contribution in [3.8, 4) is 11.1 Å². The number of carbonyl (C=O) groups excluding carboxylic acids is 3. The molecule has 2 aliphatic heterocycles. The zero-order valence-corrected chi connectivity index (χ0v) is 19.3. The molecule has 1 atom stereocenters. The maximum absolute atomic E-state index is 14.2. The van der Waals surface area contributed by atoms with Crippen LogP contribution in [0.4, 0.5) is 27.6 Å². The predicted molar refractivity (Wildman–Crippen MR) is 123 cm³/mol. The SMILES string of the molecule is NC(=O)c1cc(F)cc(C(F)(F)F)c1-c1cc2c(c3c1C(c1cc(F)ccc1Cl)NC3=O)NC(=O)CC2. The van der Waals surface area contributed by atoms with Crippen LogP contribution in [0.2, 0.25) is 5.02 Å². The number of amides is 3. The van der Waals surface area contributed by atoms with Crippen molar-refractivity contribution < 1.29 is 36.3 Å². The van der Waals surface area contributed by atoms with Crippen molar-refractivity contribution in [3.63, 3.8) is 0 Å². The van der Waals surface area contributed by atoms with Gasteiger partial charge in [-0.2, -0.15) is 13.2 Å². The van der Waals surface area contributed by atoms with Crippen LogP contribution in [0.25, 0.3) is 11.1 Å². The Labute approximate surface area is 210 Å². The average Bonchev–Trinajstić information content (AvgIpc) is 3.16. The Morgan fingerprint density at radius 3 is 2.41 bits per heavy atom. The van der Waals surface area contributed by atoms with Crippen molar-refractivity contribution in [2.45, 2.75) is 25.1 Å². The van der Waals surface area contributed by atoms with Gasteiger partial charge in [-0.15, -0.1) is 0 Å². The second-order valence-electron chi connectivity index (χ2n) is 8.61. The number of fused-ring (bicyclic) bond motifs is 3. The molecule has 190 valence electrons. The van der Waals surface area contributed by atoms with Gasteiger partial charge in [0.1, 0.15) is 11.6 Å². The topological polar surface area (TPSA) is 101 Å². The lowest BCUT2D eigenvalue weighted by atomic mass is 9.82. The smallest absolute Gasteiger partial charge is 0.366 e. The van der Waals surface area contributed by atoms with Crippen LogP contribution in [0.1, 0.15) is 55.4 Å². The number of alkyl halides is 3. The van der Waals surface area contributed by atoms with E-state index in [1.54, 1.807) is 0 Å². The lowest BCUT2D eigenvalue weighted by molar-refractivity contribution is -0.137. The number of nitrogens with two attached hydrogens (primary N) is 1. The van der Waals surface area contributed by atoms with Crippen molar-refractivity contribution in [1.29, 1.82) is 0 Å². The van der Waals surface area contributed by atoms with Gasteiger partial charge in [0.15, 0.2) is 0 Å². The molecule has 0 saturated carbocycles. The van der Waals surface area contributed by atoms with Gasteiger partial charge in [-0.1, -0.05) is 11.6 Å². The number of hydrogen-bond donors (Lipinski definition) is 3. The summed E-state index contributed by atoms with van der Waals surface area (Å²) >= 11 is 6.27. The van der Waals surface area contributed by atoms with Crippen molar-refractivity contribution in [3.05, 3.63) is 86.4 Å². The van der Waals surface area contributed by atoms with E-state index < -0.39 is 58.3 Å². The van der Waals surface area contributed by atoms with Crippen LogP contribution in [0.5, 0.6) is 0 Å². The number of carbonyl (C=O) groups is 3. The van der Waals surface area contributed by atoms with E-state index in [1.807, 2.05) is 0 Å². The number of rotatable bonds is 3. The van der Waals surface area contributed by atoms with E-state index >= 15 is 0 Å². The highest BCUT2D eigenvalue weighted by molar-refractivity contribution is 6.31. The predicted octanol–water partition coefficient (Wildman–Crippen LogP) is 5.12. The molecule has 0 aromatic heterocycles. The lowest BCUT2D eigenvalue weighted by Crippen LogP contribution is -2.23. The minimum Gasteiger partial charge on any atom is -0.366 e. The van der Waals surface area contributed by atoms with Crippen molar-refractivity contribution in [2.24, 2.45) is 5.73 Å². The Balaban J connectivity index is 1.94. The highest BCUT2D eigenvalue weighted by Gasteiger charge is 2.42. The molecule has 0 fully saturated rings. The molecule has 6 nitrogen and oxygen atoms in total. The quantitative estimate of drug-likeness (QED) is 0.406. The van der Waals surface area contributed by atoms with Gasteiger partial charge in [-0.05, 0) is 53.9 Å². The number of nitrogens with one attached hydrogen (secondary N) is 2. The molecule has 0 aliphatic carbocycles. The summed E-state index contributed by atoms with van der Waals surface area (Å²) in [5.74, 6) is -4.59. The number of halogens is 6. The van der Waals surface area contributed by atoms with Gasteiger partial charge in [-0.25, -0.2) is 8.78 Å². The molecule has 3 aromatic rings. The monoisotopic (exact) mass is 535 g/mol. The summed E-state index contributed by atoms with van der Waals surface area (Å²) in [6, 6.07) is 4.11. The zero-order chi connectivity index (χ0) is 26.8. The second kappa shape index (κ2) is 8.55. The average molecular weight is 536 g/mol. The summed E-state index contributed by atoms with van der Waals surface area (Å²) in [6.07, 6.45) is -5.06. The normalized spacial score (nSPS) is 16.6. The molecule has 37 heavy (non-hydrogen) atoms. The molecule has 12 heteroatoms. The Kier molecular flexibility index (Phi) is 5.70. The Morgan fingerprint density at radius 1 is 1.00 bits per heavy atom. The van der Waals surface area contributed by atoms with E-state index in [0.29, 0.717) is 11.6 Å². The molecule has 0 bridgehead atoms. The summed E-state index contributed by atoms with van der Waals surface area (Å²) in [4.78, 5) is 37.6. The lowest BCUT2D eigenvalue weighted by Gasteiger charge is -2.25. The van der Waals surface area contributed by atoms with Gasteiger partial charge in [0.2, 0.25) is 11.8 Å². The van der Waals surface area contributed by atoms with E-state index in [2.05, 4.69) is 10.6 Å². The van der Waals surface area contributed by atoms with E-state index in [9.17, 15) is 36.3 Å². The summed E-state index contributed by atoms with van der Waals surface area (Å²) in [7, 11) is 0. The molecule has 1 unspecified atom stereocenters. The Hall–Kier alpha value is -3.99. The van der Waals surface area contributed by atoms with E-state index in [-0.39, 0.29) is 51.9 Å². The number of anilines is 1. The fraction of sp³-hybridized carbons (Fsp3) is 0.160. The highest BCUT2D eigenvalue weighted by Crippen LogP contribution is 2.49. The third kappa shape index (κ3) is 4.08. The molecular formula is C25H15ClF5N3O3. The maximum Gasteiger partial charge on any atom is 0.417 e. The van der Waals surface area contributed by atoms with Crippen LogP contribution in [0.3, 0.4) is 0 Å². The summed E-state index contributed by atoms with van der Waals surface area (Å²) in [6.45, 7) is 0. The first-order valence-electron chi connectivity index (χ1n) is 10.8. The van der Waals surface area contributed by atoms with E-state index in [4.69, 9.17) is 17.3 Å². The number of aryl methyl sites for hydroxylation is 1. The van der Waals surface area contributed by atoms with Crippen molar-refractivity contribution in [2.75, 3.05) is 5.32 Å².